The second-order valence-electron chi connectivity index (χ2n) is 6.66. The molecular formula is C21H18N4O2. The molecule has 1 aliphatic rings. The number of aryl methyl sites for hydroxylation is 2. The Balaban J connectivity index is 1.84. The predicted molar refractivity (Wildman–Crippen MR) is 106 cm³/mol. The van der Waals surface area contributed by atoms with Gasteiger partial charge in [-0.2, -0.15) is 0 Å². The molecule has 4 aromatic rings. The van der Waals surface area contributed by atoms with Gasteiger partial charge in [0.2, 0.25) is 0 Å². The molecule has 0 unspecified atom stereocenters. The molecule has 27 heavy (non-hydrogen) atoms. The van der Waals surface area contributed by atoms with E-state index < -0.39 is 0 Å². The van der Waals surface area contributed by atoms with Crippen LogP contribution < -0.4 is 4.74 Å². The Bertz CT molecular complexity index is 1240. The lowest BCUT2D eigenvalue weighted by Crippen LogP contribution is -1.91. The summed E-state index contributed by atoms with van der Waals surface area (Å²) in [5.41, 5.74) is 6.82. The van der Waals surface area contributed by atoms with Crippen LogP contribution >= 0.6 is 0 Å². The van der Waals surface area contributed by atoms with Crippen molar-refractivity contribution in [1.82, 2.24) is 15.1 Å². The second kappa shape index (κ2) is 5.81. The van der Waals surface area contributed by atoms with E-state index in [1.165, 1.54) is 0 Å². The number of rotatable bonds is 3. The Kier molecular flexibility index (Phi) is 3.40. The third-order valence-corrected chi connectivity index (χ3v) is 5.05. The zero-order chi connectivity index (χ0) is 18.5. The smallest absolute Gasteiger partial charge is 0.141 e. The van der Waals surface area contributed by atoms with Crippen LogP contribution in [0, 0.1) is 13.8 Å². The Hall–Kier alpha value is -3.41. The largest absolute Gasteiger partial charge is 0.496 e. The molecule has 0 radical (unpaired) electrons. The van der Waals surface area contributed by atoms with E-state index in [9.17, 15) is 0 Å². The molecule has 3 aromatic heterocycles. The van der Waals surface area contributed by atoms with Crippen LogP contribution in [0.1, 0.15) is 17.1 Å². The van der Waals surface area contributed by atoms with Crippen LogP contribution in [-0.4, -0.2) is 35.0 Å². The lowest BCUT2D eigenvalue weighted by Gasteiger charge is -2.09. The van der Waals surface area contributed by atoms with Crippen LogP contribution in [0.5, 0.6) is 5.75 Å². The number of aromatic amines is 1. The first-order valence-electron chi connectivity index (χ1n) is 8.79. The predicted octanol–water partition coefficient (Wildman–Crippen LogP) is 4.46. The van der Waals surface area contributed by atoms with Crippen molar-refractivity contribution in [3.8, 4) is 16.9 Å². The van der Waals surface area contributed by atoms with Crippen LogP contribution in [-0.2, 0) is 0 Å². The number of ether oxygens (including phenoxy) is 1. The zero-order valence-electron chi connectivity index (χ0n) is 15.3. The number of H-pyrrole nitrogens is 1. The van der Waals surface area contributed by atoms with E-state index >= 15 is 0 Å². The van der Waals surface area contributed by atoms with E-state index in [-0.39, 0.29) is 0 Å². The molecular weight excluding hydrogens is 340 g/mol. The standard InChI is InChI=1S/C21H18N4O2/c1-11-19(12(2)27-25-11)15-8-17-14(9-18(15)26-3)20-16(24-17)5-7-23-21(20)13-4-6-22-10-13/h4-5,7-10,24H,6H2,1-3H3. The van der Waals surface area contributed by atoms with E-state index in [1.807, 2.05) is 32.3 Å². The fourth-order valence-electron chi connectivity index (χ4n) is 3.84. The minimum Gasteiger partial charge on any atom is -0.496 e. The van der Waals surface area contributed by atoms with Crippen molar-refractivity contribution >= 4 is 33.6 Å². The number of fused-ring (bicyclic) bond motifs is 3. The van der Waals surface area contributed by atoms with Crippen molar-refractivity contribution in [2.75, 3.05) is 13.7 Å². The van der Waals surface area contributed by atoms with Gasteiger partial charge >= 0.3 is 0 Å². The number of pyridine rings is 1. The second-order valence-corrected chi connectivity index (χ2v) is 6.66. The Morgan fingerprint density at radius 3 is 2.78 bits per heavy atom. The summed E-state index contributed by atoms with van der Waals surface area (Å²) in [4.78, 5) is 12.4. The average molecular weight is 358 g/mol. The lowest BCUT2D eigenvalue weighted by atomic mass is 9.99. The van der Waals surface area contributed by atoms with Gasteiger partial charge in [0.15, 0.2) is 0 Å². The summed E-state index contributed by atoms with van der Waals surface area (Å²) in [6.07, 6.45) is 5.80. The van der Waals surface area contributed by atoms with Gasteiger partial charge in [-0.1, -0.05) is 11.2 Å². The Morgan fingerprint density at radius 2 is 2.07 bits per heavy atom. The maximum absolute atomic E-state index is 5.73. The molecule has 6 nitrogen and oxygen atoms in total. The number of nitrogens with one attached hydrogen (secondary N) is 1. The van der Waals surface area contributed by atoms with Gasteiger partial charge in [0.25, 0.3) is 0 Å². The van der Waals surface area contributed by atoms with Crippen LogP contribution in [0.2, 0.25) is 0 Å². The minimum atomic E-state index is 0.704. The number of nitrogens with zero attached hydrogens (tertiary/aromatic N) is 3. The third-order valence-electron chi connectivity index (χ3n) is 5.05. The molecule has 4 heterocycles. The first-order valence-corrected chi connectivity index (χ1v) is 8.79. The normalized spacial score (nSPS) is 13.7. The molecule has 1 N–H and O–H groups in total. The highest BCUT2D eigenvalue weighted by atomic mass is 16.5. The van der Waals surface area contributed by atoms with E-state index in [4.69, 9.17) is 9.26 Å². The number of methoxy groups -OCH3 is 1. The summed E-state index contributed by atoms with van der Waals surface area (Å²) >= 11 is 0. The van der Waals surface area contributed by atoms with Gasteiger partial charge in [0.1, 0.15) is 11.5 Å². The van der Waals surface area contributed by atoms with Crippen LogP contribution in [0.15, 0.2) is 40.0 Å². The topological polar surface area (TPSA) is 76.3 Å². The SMILES string of the molecule is COc1cc2c(cc1-c1c(C)noc1C)[nH]c1ccnc(C3=CCN=C3)c12. The van der Waals surface area contributed by atoms with Gasteiger partial charge in [-0.25, -0.2) is 0 Å². The molecule has 0 saturated carbocycles. The lowest BCUT2D eigenvalue weighted by molar-refractivity contribution is 0.393. The fourth-order valence-corrected chi connectivity index (χ4v) is 3.84. The van der Waals surface area contributed by atoms with Crippen LogP contribution in [0.4, 0.5) is 0 Å². The highest BCUT2D eigenvalue weighted by molar-refractivity contribution is 6.20. The Morgan fingerprint density at radius 1 is 1.19 bits per heavy atom. The number of hydrogen-bond acceptors (Lipinski definition) is 5. The fraction of sp³-hybridized carbons (Fsp3) is 0.190. The van der Waals surface area contributed by atoms with E-state index in [0.717, 1.165) is 61.4 Å². The molecule has 0 amide bonds. The van der Waals surface area contributed by atoms with E-state index in [2.05, 4.69) is 38.3 Å². The van der Waals surface area contributed by atoms with Crippen molar-refractivity contribution in [3.05, 3.63) is 47.6 Å². The quantitative estimate of drug-likeness (QED) is 0.586. The highest BCUT2D eigenvalue weighted by Gasteiger charge is 2.20. The van der Waals surface area contributed by atoms with Gasteiger partial charge in [-0.15, -0.1) is 0 Å². The molecule has 5 rings (SSSR count). The number of hydrogen-bond donors (Lipinski definition) is 1. The Labute approximate surface area is 155 Å². The van der Waals surface area contributed by atoms with Crippen molar-refractivity contribution in [1.29, 1.82) is 0 Å². The first kappa shape index (κ1) is 15.8. The number of aromatic nitrogens is 3. The van der Waals surface area contributed by atoms with Gasteiger partial charge in [-0.3, -0.25) is 9.98 Å². The van der Waals surface area contributed by atoms with Crippen molar-refractivity contribution in [2.24, 2.45) is 4.99 Å². The molecule has 0 fully saturated rings. The van der Waals surface area contributed by atoms with Gasteiger partial charge in [0.05, 0.1) is 36.1 Å². The van der Waals surface area contributed by atoms with Crippen molar-refractivity contribution < 1.29 is 9.26 Å². The third kappa shape index (κ3) is 2.30. The summed E-state index contributed by atoms with van der Waals surface area (Å²) < 4.78 is 11.1. The molecule has 0 aliphatic carbocycles. The molecule has 134 valence electrons. The van der Waals surface area contributed by atoms with Crippen molar-refractivity contribution in [2.45, 2.75) is 13.8 Å². The van der Waals surface area contributed by atoms with Gasteiger partial charge < -0.3 is 14.2 Å². The van der Waals surface area contributed by atoms with Gasteiger partial charge in [0, 0.05) is 39.8 Å². The van der Waals surface area contributed by atoms with E-state index in [0.29, 0.717) is 6.54 Å². The summed E-state index contributed by atoms with van der Waals surface area (Å²) in [6.45, 7) is 4.56. The number of aliphatic imine (C=N–C) groups is 1. The average Bonchev–Trinajstić information content (AvgIpc) is 3.39. The summed E-state index contributed by atoms with van der Waals surface area (Å²) in [5.74, 6) is 1.55. The molecule has 6 heteroatoms. The minimum absolute atomic E-state index is 0.704. The van der Waals surface area contributed by atoms with E-state index in [1.54, 1.807) is 7.11 Å². The molecule has 0 saturated heterocycles. The van der Waals surface area contributed by atoms with Gasteiger partial charge in [-0.05, 0) is 32.0 Å². The maximum atomic E-state index is 5.73. The molecule has 0 atom stereocenters. The molecule has 1 aromatic carbocycles. The zero-order valence-corrected chi connectivity index (χ0v) is 15.3. The monoisotopic (exact) mass is 358 g/mol. The maximum Gasteiger partial charge on any atom is 0.141 e. The van der Waals surface area contributed by atoms with Crippen molar-refractivity contribution in [3.63, 3.8) is 0 Å². The molecule has 0 spiro atoms. The first-order chi connectivity index (χ1) is 13.2. The molecule has 1 aliphatic heterocycles. The summed E-state index contributed by atoms with van der Waals surface area (Å²) in [6, 6.07) is 6.16. The number of benzene rings is 1. The van der Waals surface area contributed by atoms with Crippen LogP contribution in [0.25, 0.3) is 38.5 Å². The highest BCUT2D eigenvalue weighted by Crippen LogP contribution is 2.40. The summed E-state index contributed by atoms with van der Waals surface area (Å²) in [5, 5.41) is 6.23. The van der Waals surface area contributed by atoms with Crippen LogP contribution in [0.3, 0.4) is 0 Å². The summed E-state index contributed by atoms with van der Waals surface area (Å²) in [7, 11) is 1.68. The number of allylic oxidation sites excluding steroid dienone is 1. The molecule has 0 bridgehead atoms.